The van der Waals surface area contributed by atoms with E-state index in [-0.39, 0.29) is 19.0 Å². The molecule has 0 saturated carbocycles. The van der Waals surface area contributed by atoms with Crippen LogP contribution in [0.1, 0.15) is 44.9 Å². The maximum absolute atomic E-state index is 12.7. The van der Waals surface area contributed by atoms with Crippen molar-refractivity contribution in [3.63, 3.8) is 0 Å². The number of likely N-dealkylation sites (tertiary alicyclic amines) is 1. The number of rotatable bonds is 4. The van der Waals surface area contributed by atoms with Crippen LogP contribution in [-0.4, -0.2) is 47.1 Å². The standard InChI is InChI=1S/C19H27F3N4O3/c1-17(2,3)29-16(28)26-8-6-18(12-23,7-9-26)15(27)25-11-13-4-5-14(24-10-13)19(20,21)22/h4-5,10H,6-9,11-12,23H2,1-3H3,(H,25,27). The minimum absolute atomic E-state index is 0.0432. The lowest BCUT2D eigenvalue weighted by atomic mass is 9.77. The number of pyridine rings is 1. The van der Waals surface area contributed by atoms with Gasteiger partial charge in [-0.3, -0.25) is 9.78 Å². The average molecular weight is 416 g/mol. The van der Waals surface area contributed by atoms with Crippen molar-refractivity contribution in [1.82, 2.24) is 15.2 Å². The molecule has 29 heavy (non-hydrogen) atoms. The molecule has 10 heteroatoms. The number of nitrogens with zero attached hydrogens (tertiary/aromatic N) is 2. The van der Waals surface area contributed by atoms with Crippen LogP contribution in [0.3, 0.4) is 0 Å². The number of piperidine rings is 1. The summed E-state index contributed by atoms with van der Waals surface area (Å²) in [4.78, 5) is 29.8. The van der Waals surface area contributed by atoms with Gasteiger partial charge in [-0.25, -0.2) is 4.79 Å². The van der Waals surface area contributed by atoms with Gasteiger partial charge in [0.1, 0.15) is 11.3 Å². The summed E-state index contributed by atoms with van der Waals surface area (Å²) in [7, 11) is 0. The molecule has 1 aromatic heterocycles. The fourth-order valence-electron chi connectivity index (χ4n) is 3.03. The number of carbonyl (C=O) groups is 2. The summed E-state index contributed by atoms with van der Waals surface area (Å²) in [6, 6.07) is 2.15. The molecule has 3 N–H and O–H groups in total. The van der Waals surface area contributed by atoms with Crippen molar-refractivity contribution < 1.29 is 27.5 Å². The molecule has 7 nitrogen and oxygen atoms in total. The van der Waals surface area contributed by atoms with E-state index in [9.17, 15) is 22.8 Å². The molecular weight excluding hydrogens is 389 g/mol. The molecule has 0 unspecified atom stereocenters. The highest BCUT2D eigenvalue weighted by molar-refractivity contribution is 5.83. The molecule has 2 amide bonds. The number of halogens is 3. The lowest BCUT2D eigenvalue weighted by Crippen LogP contribution is -2.53. The number of nitrogens with two attached hydrogens (primary N) is 1. The van der Waals surface area contributed by atoms with E-state index >= 15 is 0 Å². The quantitative estimate of drug-likeness (QED) is 0.787. The highest BCUT2D eigenvalue weighted by Gasteiger charge is 2.41. The maximum Gasteiger partial charge on any atom is 0.433 e. The third-order valence-corrected chi connectivity index (χ3v) is 4.81. The van der Waals surface area contributed by atoms with Crippen LogP contribution in [0, 0.1) is 5.41 Å². The van der Waals surface area contributed by atoms with E-state index in [1.54, 1.807) is 25.7 Å². The smallest absolute Gasteiger partial charge is 0.433 e. The molecule has 1 saturated heterocycles. The Morgan fingerprint density at radius 3 is 2.31 bits per heavy atom. The third-order valence-electron chi connectivity index (χ3n) is 4.81. The van der Waals surface area contributed by atoms with Gasteiger partial charge in [0.15, 0.2) is 0 Å². The number of nitrogens with one attached hydrogen (secondary N) is 1. The Labute approximate surface area is 167 Å². The van der Waals surface area contributed by atoms with E-state index in [1.807, 2.05) is 0 Å². The van der Waals surface area contributed by atoms with Crippen LogP contribution < -0.4 is 11.1 Å². The van der Waals surface area contributed by atoms with Crippen LogP contribution in [0.4, 0.5) is 18.0 Å². The van der Waals surface area contributed by atoms with Gasteiger partial charge in [0.25, 0.3) is 0 Å². The predicted octanol–water partition coefficient (Wildman–Crippen LogP) is 2.69. The van der Waals surface area contributed by atoms with E-state index in [2.05, 4.69) is 10.3 Å². The van der Waals surface area contributed by atoms with E-state index in [0.717, 1.165) is 12.3 Å². The van der Waals surface area contributed by atoms with Gasteiger partial charge in [0.2, 0.25) is 5.91 Å². The minimum atomic E-state index is -4.51. The topological polar surface area (TPSA) is 97.5 Å². The van der Waals surface area contributed by atoms with Crippen molar-refractivity contribution in [3.8, 4) is 0 Å². The summed E-state index contributed by atoms with van der Waals surface area (Å²) in [5.74, 6) is -0.288. The Bertz CT molecular complexity index is 722. The molecule has 2 rings (SSSR count). The van der Waals surface area contributed by atoms with Crippen molar-refractivity contribution in [2.24, 2.45) is 11.1 Å². The molecule has 0 bridgehead atoms. The molecule has 2 heterocycles. The summed E-state index contributed by atoms with van der Waals surface area (Å²) in [5.41, 5.74) is 3.89. The molecule has 0 atom stereocenters. The normalized spacial score (nSPS) is 17.0. The van der Waals surface area contributed by atoms with Crippen LogP contribution in [0.5, 0.6) is 0 Å². The average Bonchev–Trinajstić information content (AvgIpc) is 2.64. The Balaban J connectivity index is 1.93. The second-order valence-electron chi connectivity index (χ2n) is 8.18. The second-order valence-corrected chi connectivity index (χ2v) is 8.18. The number of alkyl halides is 3. The lowest BCUT2D eigenvalue weighted by Gasteiger charge is -2.40. The van der Waals surface area contributed by atoms with Gasteiger partial charge in [0, 0.05) is 32.4 Å². The number of aromatic nitrogens is 1. The van der Waals surface area contributed by atoms with Crippen molar-refractivity contribution in [2.45, 2.75) is 51.9 Å². The Hall–Kier alpha value is -2.36. The van der Waals surface area contributed by atoms with Crippen molar-refractivity contribution in [3.05, 3.63) is 29.6 Å². The number of carbonyl (C=O) groups excluding carboxylic acids is 2. The molecule has 1 aromatic rings. The molecule has 0 spiro atoms. The Morgan fingerprint density at radius 2 is 1.86 bits per heavy atom. The highest BCUT2D eigenvalue weighted by atomic mass is 19.4. The van der Waals surface area contributed by atoms with E-state index in [4.69, 9.17) is 10.5 Å². The fourth-order valence-corrected chi connectivity index (χ4v) is 3.03. The van der Waals surface area contributed by atoms with E-state index < -0.39 is 29.0 Å². The first-order chi connectivity index (χ1) is 13.4. The summed E-state index contributed by atoms with van der Waals surface area (Å²) >= 11 is 0. The summed E-state index contributed by atoms with van der Waals surface area (Å²) in [5, 5.41) is 2.73. The first-order valence-corrected chi connectivity index (χ1v) is 9.35. The zero-order chi connectivity index (χ0) is 21.9. The van der Waals surface area contributed by atoms with Crippen molar-refractivity contribution >= 4 is 12.0 Å². The summed E-state index contributed by atoms with van der Waals surface area (Å²) < 4.78 is 43.1. The summed E-state index contributed by atoms with van der Waals surface area (Å²) in [6.45, 7) is 6.16. The first-order valence-electron chi connectivity index (χ1n) is 9.35. The predicted molar refractivity (Wildman–Crippen MR) is 99.6 cm³/mol. The van der Waals surface area contributed by atoms with E-state index in [1.165, 1.54) is 6.07 Å². The molecule has 1 aliphatic heterocycles. The van der Waals surface area contributed by atoms with Crippen LogP contribution in [-0.2, 0) is 22.3 Å². The molecule has 0 aromatic carbocycles. The molecule has 0 radical (unpaired) electrons. The second kappa shape index (κ2) is 8.56. The summed E-state index contributed by atoms with van der Waals surface area (Å²) in [6.07, 6.45) is -3.10. The van der Waals surface area contributed by atoms with Crippen molar-refractivity contribution in [1.29, 1.82) is 0 Å². The van der Waals surface area contributed by atoms with Gasteiger partial charge in [-0.05, 0) is 45.2 Å². The molecular formula is C19H27F3N4O3. The van der Waals surface area contributed by atoms with Crippen LogP contribution in [0.15, 0.2) is 18.3 Å². The Morgan fingerprint density at radius 1 is 1.24 bits per heavy atom. The van der Waals surface area contributed by atoms with Gasteiger partial charge in [-0.15, -0.1) is 0 Å². The van der Waals surface area contributed by atoms with Crippen LogP contribution >= 0.6 is 0 Å². The van der Waals surface area contributed by atoms with E-state index in [0.29, 0.717) is 31.5 Å². The van der Waals surface area contributed by atoms with Crippen LogP contribution in [0.2, 0.25) is 0 Å². The fraction of sp³-hybridized carbons (Fsp3) is 0.632. The highest BCUT2D eigenvalue weighted by Crippen LogP contribution is 2.32. The Kier molecular flexibility index (Phi) is 6.77. The van der Waals surface area contributed by atoms with Gasteiger partial charge in [-0.2, -0.15) is 13.2 Å². The van der Waals surface area contributed by atoms with Crippen LogP contribution in [0.25, 0.3) is 0 Å². The largest absolute Gasteiger partial charge is 0.444 e. The van der Waals surface area contributed by atoms with Gasteiger partial charge in [0.05, 0.1) is 5.41 Å². The molecule has 1 fully saturated rings. The first kappa shape index (κ1) is 22.9. The monoisotopic (exact) mass is 416 g/mol. The van der Waals surface area contributed by atoms with Crippen molar-refractivity contribution in [2.75, 3.05) is 19.6 Å². The van der Waals surface area contributed by atoms with Gasteiger partial charge in [-0.1, -0.05) is 6.07 Å². The third kappa shape index (κ3) is 6.06. The zero-order valence-electron chi connectivity index (χ0n) is 16.8. The molecule has 1 aliphatic rings. The number of ether oxygens (including phenoxy) is 1. The number of amides is 2. The molecule has 162 valence electrons. The maximum atomic E-state index is 12.7. The zero-order valence-corrected chi connectivity index (χ0v) is 16.8. The lowest BCUT2D eigenvalue weighted by molar-refractivity contribution is -0.141. The van der Waals surface area contributed by atoms with Gasteiger partial charge < -0.3 is 20.7 Å². The SMILES string of the molecule is CC(C)(C)OC(=O)N1CCC(CN)(C(=O)NCc2ccc(C(F)(F)F)nc2)CC1. The number of hydrogen-bond donors (Lipinski definition) is 2. The molecule has 0 aliphatic carbocycles. The number of hydrogen-bond acceptors (Lipinski definition) is 5. The minimum Gasteiger partial charge on any atom is -0.444 e. The van der Waals surface area contributed by atoms with Gasteiger partial charge >= 0.3 is 12.3 Å².